The molecule has 4 aromatic rings. The topological polar surface area (TPSA) is 95.7 Å². The van der Waals surface area contributed by atoms with Gasteiger partial charge in [-0.1, -0.05) is 48.5 Å². The van der Waals surface area contributed by atoms with E-state index in [-0.39, 0.29) is 11.5 Å². The number of sulfone groups is 1. The molecule has 0 fully saturated rings. The number of ether oxygens (including phenoxy) is 2. The van der Waals surface area contributed by atoms with Crippen LogP contribution in [0.25, 0.3) is 11.5 Å². The Morgan fingerprint density at radius 2 is 1.66 bits per heavy atom. The van der Waals surface area contributed by atoms with Gasteiger partial charge in [-0.2, -0.15) is 0 Å². The molecule has 0 radical (unpaired) electrons. The highest BCUT2D eigenvalue weighted by Gasteiger charge is 2.27. The SMILES string of the molecule is CCOC(=O)C(Cc1ccc(OCCc2nc(-c3ccccc3)oc2C)cc1)c1ccccc1S(C)(=O)=O. The molecule has 0 aliphatic rings. The molecule has 4 rings (SSSR count). The molecule has 0 spiro atoms. The minimum atomic E-state index is -3.52. The molecule has 0 amide bonds. The summed E-state index contributed by atoms with van der Waals surface area (Å²) in [6.45, 7) is 4.26. The van der Waals surface area contributed by atoms with E-state index >= 15 is 0 Å². The van der Waals surface area contributed by atoms with Gasteiger partial charge in [-0.25, -0.2) is 13.4 Å². The maximum absolute atomic E-state index is 12.8. The quantitative estimate of drug-likeness (QED) is 0.233. The second kappa shape index (κ2) is 12.1. The van der Waals surface area contributed by atoms with Crippen LogP contribution in [0.1, 0.15) is 35.4 Å². The lowest BCUT2D eigenvalue weighted by Crippen LogP contribution is -2.20. The fraction of sp³-hybridized carbons (Fsp3) is 0.267. The van der Waals surface area contributed by atoms with Crippen LogP contribution < -0.4 is 4.74 Å². The Kier molecular flexibility index (Phi) is 8.63. The lowest BCUT2D eigenvalue weighted by Gasteiger charge is -2.19. The highest BCUT2D eigenvalue weighted by molar-refractivity contribution is 7.90. The van der Waals surface area contributed by atoms with Crippen LogP contribution in [0.5, 0.6) is 5.75 Å². The smallest absolute Gasteiger partial charge is 0.313 e. The van der Waals surface area contributed by atoms with Crippen LogP contribution >= 0.6 is 0 Å². The van der Waals surface area contributed by atoms with Crippen molar-refractivity contribution in [3.05, 3.63) is 101 Å². The van der Waals surface area contributed by atoms with E-state index in [9.17, 15) is 13.2 Å². The van der Waals surface area contributed by atoms with E-state index in [1.54, 1.807) is 25.1 Å². The summed E-state index contributed by atoms with van der Waals surface area (Å²) in [4.78, 5) is 17.6. The molecule has 1 atom stereocenters. The van der Waals surface area contributed by atoms with Crippen molar-refractivity contribution in [2.75, 3.05) is 19.5 Å². The number of oxazole rings is 1. The second-order valence-electron chi connectivity index (χ2n) is 8.95. The van der Waals surface area contributed by atoms with Crippen LogP contribution in [0.2, 0.25) is 0 Å². The van der Waals surface area contributed by atoms with Crippen molar-refractivity contribution in [3.8, 4) is 17.2 Å². The first-order chi connectivity index (χ1) is 18.3. The van der Waals surface area contributed by atoms with E-state index in [1.165, 1.54) is 6.07 Å². The molecule has 0 aliphatic heterocycles. The summed E-state index contributed by atoms with van der Waals surface area (Å²) < 4.78 is 41.7. The molecule has 1 aromatic heterocycles. The van der Waals surface area contributed by atoms with Crippen molar-refractivity contribution < 1.29 is 27.1 Å². The number of esters is 1. The van der Waals surface area contributed by atoms with E-state index in [0.717, 1.165) is 28.8 Å². The van der Waals surface area contributed by atoms with Gasteiger partial charge in [0.2, 0.25) is 5.89 Å². The van der Waals surface area contributed by atoms with Crippen LogP contribution in [0.4, 0.5) is 0 Å². The molecule has 0 saturated heterocycles. The molecule has 0 N–H and O–H groups in total. The van der Waals surface area contributed by atoms with Crippen molar-refractivity contribution >= 4 is 15.8 Å². The highest BCUT2D eigenvalue weighted by Crippen LogP contribution is 2.29. The van der Waals surface area contributed by atoms with E-state index in [4.69, 9.17) is 13.9 Å². The summed E-state index contributed by atoms with van der Waals surface area (Å²) in [5.41, 5.74) is 3.08. The minimum absolute atomic E-state index is 0.136. The van der Waals surface area contributed by atoms with Crippen LogP contribution in [0, 0.1) is 6.92 Å². The normalized spacial score (nSPS) is 12.2. The number of benzene rings is 3. The largest absolute Gasteiger partial charge is 0.493 e. The number of hydrogen-bond donors (Lipinski definition) is 0. The van der Waals surface area contributed by atoms with Crippen molar-refractivity contribution in [2.45, 2.75) is 37.5 Å². The van der Waals surface area contributed by atoms with Crippen LogP contribution in [-0.4, -0.2) is 38.8 Å². The van der Waals surface area contributed by atoms with Gasteiger partial charge < -0.3 is 13.9 Å². The summed E-state index contributed by atoms with van der Waals surface area (Å²) in [6.07, 6.45) is 2.03. The highest BCUT2D eigenvalue weighted by atomic mass is 32.2. The number of hydrogen-bond acceptors (Lipinski definition) is 7. The molecular weight excluding hydrogens is 502 g/mol. The second-order valence-corrected chi connectivity index (χ2v) is 10.9. The number of nitrogens with zero attached hydrogens (tertiary/aromatic N) is 1. The predicted molar refractivity (Wildman–Crippen MR) is 145 cm³/mol. The Morgan fingerprint density at radius 1 is 0.974 bits per heavy atom. The first-order valence-corrected chi connectivity index (χ1v) is 14.3. The van der Waals surface area contributed by atoms with Crippen LogP contribution in [-0.2, 0) is 32.2 Å². The van der Waals surface area contributed by atoms with Crippen molar-refractivity contribution in [3.63, 3.8) is 0 Å². The van der Waals surface area contributed by atoms with Gasteiger partial charge in [0.1, 0.15) is 11.5 Å². The molecule has 198 valence electrons. The van der Waals surface area contributed by atoms with Crippen molar-refractivity contribution in [1.29, 1.82) is 0 Å². The molecular formula is C30H31NO6S. The van der Waals surface area contributed by atoms with Crippen LogP contribution in [0.3, 0.4) is 0 Å². The van der Waals surface area contributed by atoms with Gasteiger partial charge in [0, 0.05) is 18.2 Å². The third-order valence-electron chi connectivity index (χ3n) is 6.15. The summed E-state index contributed by atoms with van der Waals surface area (Å²) >= 11 is 0. The number of aryl methyl sites for hydroxylation is 1. The summed E-state index contributed by atoms with van der Waals surface area (Å²) in [6, 6.07) is 23.8. The standard InChI is InChI=1S/C30H31NO6S/c1-4-35-30(32)26(25-12-8-9-13-28(25)38(3,33)34)20-22-14-16-24(17-15-22)36-19-18-27-21(2)37-29(31-27)23-10-6-5-7-11-23/h5-17,26H,4,18-20H2,1-3H3. The number of carbonyl (C=O) groups excluding carboxylic acids is 1. The third kappa shape index (κ3) is 6.69. The van der Waals surface area contributed by atoms with Gasteiger partial charge >= 0.3 is 5.97 Å². The first kappa shape index (κ1) is 27.1. The van der Waals surface area contributed by atoms with Gasteiger partial charge in [-0.05, 0) is 61.7 Å². The van der Waals surface area contributed by atoms with E-state index in [1.807, 2.05) is 61.5 Å². The molecule has 3 aromatic carbocycles. The Labute approximate surface area is 223 Å². The average molecular weight is 534 g/mol. The van der Waals surface area contributed by atoms with E-state index in [0.29, 0.717) is 36.7 Å². The van der Waals surface area contributed by atoms with Gasteiger partial charge in [0.05, 0.1) is 29.7 Å². The van der Waals surface area contributed by atoms with Crippen molar-refractivity contribution in [1.82, 2.24) is 4.98 Å². The fourth-order valence-electron chi connectivity index (χ4n) is 4.26. The number of rotatable bonds is 11. The predicted octanol–water partition coefficient (Wildman–Crippen LogP) is 5.56. The molecule has 1 unspecified atom stereocenters. The zero-order valence-electron chi connectivity index (χ0n) is 21.7. The summed E-state index contributed by atoms with van der Waals surface area (Å²) in [5, 5.41) is 0. The maximum atomic E-state index is 12.8. The molecule has 1 heterocycles. The Morgan fingerprint density at radius 3 is 2.34 bits per heavy atom. The van der Waals surface area contributed by atoms with Gasteiger partial charge in [-0.3, -0.25) is 4.79 Å². The van der Waals surface area contributed by atoms with Gasteiger partial charge in [-0.15, -0.1) is 0 Å². The Balaban J connectivity index is 1.42. The maximum Gasteiger partial charge on any atom is 0.313 e. The minimum Gasteiger partial charge on any atom is -0.493 e. The van der Waals surface area contributed by atoms with Crippen LogP contribution in [0.15, 0.2) is 88.2 Å². The van der Waals surface area contributed by atoms with Gasteiger partial charge in [0.15, 0.2) is 9.84 Å². The molecule has 38 heavy (non-hydrogen) atoms. The Bertz CT molecular complexity index is 1480. The van der Waals surface area contributed by atoms with E-state index < -0.39 is 21.7 Å². The molecule has 7 nitrogen and oxygen atoms in total. The summed E-state index contributed by atoms with van der Waals surface area (Å²) in [5.74, 6) is 0.837. The zero-order chi connectivity index (χ0) is 27.1. The molecule has 0 saturated carbocycles. The number of carbonyl (C=O) groups is 1. The van der Waals surface area contributed by atoms with E-state index in [2.05, 4.69) is 4.98 Å². The molecule has 0 aliphatic carbocycles. The van der Waals surface area contributed by atoms with Gasteiger partial charge in [0.25, 0.3) is 0 Å². The lowest BCUT2D eigenvalue weighted by atomic mass is 9.92. The zero-order valence-corrected chi connectivity index (χ0v) is 22.5. The van der Waals surface area contributed by atoms with Crippen molar-refractivity contribution in [2.24, 2.45) is 0 Å². The Hall–Kier alpha value is -3.91. The summed E-state index contributed by atoms with van der Waals surface area (Å²) in [7, 11) is -3.52. The molecule has 0 bridgehead atoms. The fourth-order valence-corrected chi connectivity index (χ4v) is 5.22. The number of aromatic nitrogens is 1. The first-order valence-electron chi connectivity index (χ1n) is 12.5. The molecule has 8 heteroatoms. The lowest BCUT2D eigenvalue weighted by molar-refractivity contribution is -0.145. The average Bonchev–Trinajstić information content (AvgIpc) is 3.28. The monoisotopic (exact) mass is 533 g/mol. The third-order valence-corrected chi connectivity index (χ3v) is 7.32.